The van der Waals surface area contributed by atoms with Gasteiger partial charge in [0.05, 0.1) is 32.2 Å². The molecule has 2 aromatic heterocycles. The van der Waals surface area contributed by atoms with Crippen molar-refractivity contribution in [2.75, 3.05) is 38.3 Å². The van der Waals surface area contributed by atoms with Crippen molar-refractivity contribution < 1.29 is 9.47 Å². The number of hydrogen-bond acceptors (Lipinski definition) is 8. The Labute approximate surface area is 168 Å². The lowest BCUT2D eigenvalue weighted by Gasteiger charge is -2.30. The Morgan fingerprint density at radius 2 is 1.90 bits per heavy atom. The van der Waals surface area contributed by atoms with Crippen molar-refractivity contribution in [2.24, 2.45) is 0 Å². The van der Waals surface area contributed by atoms with Gasteiger partial charge in [0.25, 0.3) is 0 Å². The number of fused-ring (bicyclic) bond motifs is 3. The molecule has 5 rings (SSSR count). The fraction of sp³-hybridized carbons (Fsp3) is 0.400. The molecule has 0 atom stereocenters. The van der Waals surface area contributed by atoms with Crippen LogP contribution in [0.4, 0.5) is 5.82 Å². The molecule has 1 saturated heterocycles. The Balaban J connectivity index is 1.43. The summed E-state index contributed by atoms with van der Waals surface area (Å²) in [5, 5.41) is 4.37. The minimum Gasteiger partial charge on any atom is -0.497 e. The predicted octanol–water partition coefficient (Wildman–Crippen LogP) is 1.55. The van der Waals surface area contributed by atoms with E-state index in [1.807, 2.05) is 23.0 Å². The van der Waals surface area contributed by atoms with Crippen LogP contribution in [-0.4, -0.2) is 63.0 Å². The first-order chi connectivity index (χ1) is 14.3. The van der Waals surface area contributed by atoms with Gasteiger partial charge in [-0.15, -0.1) is 0 Å². The predicted molar refractivity (Wildman–Crippen MR) is 106 cm³/mol. The molecule has 0 spiro atoms. The Hall–Kier alpha value is -3.04. The zero-order valence-corrected chi connectivity index (χ0v) is 16.4. The Morgan fingerprint density at radius 3 is 2.69 bits per heavy atom. The minimum absolute atomic E-state index is 0.589. The zero-order valence-electron chi connectivity index (χ0n) is 16.4. The molecule has 0 radical (unpaired) electrons. The molecule has 4 heterocycles. The first kappa shape index (κ1) is 18.0. The maximum atomic E-state index is 5.44. The SMILES string of the molecule is COc1ccc(CN2Cn3ncnc3-c3nc(CN4CCOCC4)cnc32)cc1. The number of methoxy groups -OCH3 is 1. The summed E-state index contributed by atoms with van der Waals surface area (Å²) in [5.74, 6) is 2.45. The summed E-state index contributed by atoms with van der Waals surface area (Å²) < 4.78 is 12.6. The molecule has 150 valence electrons. The summed E-state index contributed by atoms with van der Waals surface area (Å²) in [6, 6.07) is 8.07. The summed E-state index contributed by atoms with van der Waals surface area (Å²) in [6.07, 6.45) is 3.45. The molecule has 1 aromatic carbocycles. The standard InChI is InChI=1S/C20H23N7O2/c1-28-17-4-2-15(3-5-17)11-26-14-27-20(22-13-23-27)18-19(26)21-10-16(24-18)12-25-6-8-29-9-7-25/h2-5,10,13H,6-9,11-12,14H2,1H3. The van der Waals surface area contributed by atoms with Gasteiger partial charge in [-0.1, -0.05) is 12.1 Å². The van der Waals surface area contributed by atoms with Crippen LogP contribution >= 0.6 is 0 Å². The number of morpholine rings is 1. The fourth-order valence-electron chi connectivity index (χ4n) is 3.72. The molecule has 9 heteroatoms. The number of nitrogens with zero attached hydrogens (tertiary/aromatic N) is 7. The molecule has 2 aliphatic heterocycles. The highest BCUT2D eigenvalue weighted by atomic mass is 16.5. The van der Waals surface area contributed by atoms with Gasteiger partial charge in [0, 0.05) is 26.2 Å². The molecule has 0 saturated carbocycles. The maximum Gasteiger partial charge on any atom is 0.182 e. The molecule has 9 nitrogen and oxygen atoms in total. The summed E-state index contributed by atoms with van der Waals surface area (Å²) in [6.45, 7) is 5.41. The van der Waals surface area contributed by atoms with E-state index in [2.05, 4.69) is 32.0 Å². The Kier molecular flexibility index (Phi) is 4.82. The van der Waals surface area contributed by atoms with Gasteiger partial charge in [-0.3, -0.25) is 4.90 Å². The van der Waals surface area contributed by atoms with Crippen molar-refractivity contribution in [2.45, 2.75) is 19.8 Å². The smallest absolute Gasteiger partial charge is 0.182 e. The van der Waals surface area contributed by atoms with Crippen molar-refractivity contribution in [3.63, 3.8) is 0 Å². The molecule has 0 N–H and O–H groups in total. The van der Waals surface area contributed by atoms with Crippen LogP contribution in [0.2, 0.25) is 0 Å². The van der Waals surface area contributed by atoms with Crippen LogP contribution in [0.1, 0.15) is 11.3 Å². The second kappa shape index (κ2) is 7.76. The first-order valence-corrected chi connectivity index (χ1v) is 9.72. The zero-order chi connectivity index (χ0) is 19.6. The molecular weight excluding hydrogens is 370 g/mol. The minimum atomic E-state index is 0.589. The number of anilines is 1. The average molecular weight is 393 g/mol. The largest absolute Gasteiger partial charge is 0.497 e. The van der Waals surface area contributed by atoms with E-state index in [4.69, 9.17) is 19.4 Å². The van der Waals surface area contributed by atoms with Gasteiger partial charge in [0.2, 0.25) is 0 Å². The maximum absolute atomic E-state index is 5.44. The van der Waals surface area contributed by atoms with E-state index in [1.165, 1.54) is 5.56 Å². The molecule has 2 aliphatic rings. The van der Waals surface area contributed by atoms with Gasteiger partial charge in [0.15, 0.2) is 17.3 Å². The molecule has 1 fully saturated rings. The van der Waals surface area contributed by atoms with Gasteiger partial charge in [-0.25, -0.2) is 19.6 Å². The number of hydrogen-bond donors (Lipinski definition) is 0. The van der Waals surface area contributed by atoms with Crippen LogP contribution in [0.15, 0.2) is 36.8 Å². The summed E-state index contributed by atoms with van der Waals surface area (Å²) >= 11 is 0. The van der Waals surface area contributed by atoms with Crippen molar-refractivity contribution >= 4 is 5.82 Å². The van der Waals surface area contributed by atoms with Crippen molar-refractivity contribution in [1.82, 2.24) is 29.6 Å². The van der Waals surface area contributed by atoms with E-state index in [9.17, 15) is 0 Å². The van der Waals surface area contributed by atoms with E-state index < -0.39 is 0 Å². The highest BCUT2D eigenvalue weighted by Gasteiger charge is 2.27. The second-order valence-corrected chi connectivity index (χ2v) is 7.19. The lowest BCUT2D eigenvalue weighted by molar-refractivity contribution is 0.0336. The van der Waals surface area contributed by atoms with E-state index in [0.717, 1.165) is 61.6 Å². The van der Waals surface area contributed by atoms with E-state index >= 15 is 0 Å². The van der Waals surface area contributed by atoms with E-state index in [1.54, 1.807) is 13.4 Å². The molecule has 0 amide bonds. The first-order valence-electron chi connectivity index (χ1n) is 9.72. The van der Waals surface area contributed by atoms with Gasteiger partial charge >= 0.3 is 0 Å². The third-order valence-electron chi connectivity index (χ3n) is 5.26. The summed E-state index contributed by atoms with van der Waals surface area (Å²) in [7, 11) is 1.67. The lowest BCUT2D eigenvalue weighted by atomic mass is 10.2. The third kappa shape index (κ3) is 3.66. The van der Waals surface area contributed by atoms with Crippen molar-refractivity contribution in [1.29, 1.82) is 0 Å². The lowest BCUT2D eigenvalue weighted by Crippen LogP contribution is -2.36. The highest BCUT2D eigenvalue weighted by Crippen LogP contribution is 2.32. The van der Waals surface area contributed by atoms with Gasteiger partial charge in [0.1, 0.15) is 18.7 Å². The Morgan fingerprint density at radius 1 is 1.07 bits per heavy atom. The number of ether oxygens (including phenoxy) is 2. The summed E-state index contributed by atoms with van der Waals surface area (Å²) in [4.78, 5) is 18.6. The topological polar surface area (TPSA) is 81.4 Å². The highest BCUT2D eigenvalue weighted by molar-refractivity contribution is 5.69. The molecule has 29 heavy (non-hydrogen) atoms. The molecular formula is C20H23N7O2. The third-order valence-corrected chi connectivity index (χ3v) is 5.26. The van der Waals surface area contributed by atoms with Gasteiger partial charge in [-0.2, -0.15) is 5.10 Å². The number of benzene rings is 1. The van der Waals surface area contributed by atoms with Crippen molar-refractivity contribution in [3.05, 3.63) is 48.0 Å². The number of rotatable bonds is 5. The average Bonchev–Trinajstić information content (AvgIpc) is 3.24. The normalized spacial score (nSPS) is 16.4. The van der Waals surface area contributed by atoms with Crippen LogP contribution in [0.5, 0.6) is 5.75 Å². The molecule has 0 aliphatic carbocycles. The van der Waals surface area contributed by atoms with E-state index in [0.29, 0.717) is 13.2 Å². The summed E-state index contributed by atoms with van der Waals surface area (Å²) in [5.41, 5.74) is 2.89. The molecule has 0 unspecified atom stereocenters. The van der Waals surface area contributed by atoms with E-state index in [-0.39, 0.29) is 0 Å². The van der Waals surface area contributed by atoms with Crippen LogP contribution in [0.3, 0.4) is 0 Å². The molecule has 3 aromatic rings. The second-order valence-electron chi connectivity index (χ2n) is 7.19. The van der Waals surface area contributed by atoms with Gasteiger partial charge in [-0.05, 0) is 17.7 Å². The quantitative estimate of drug-likeness (QED) is 0.646. The van der Waals surface area contributed by atoms with Crippen LogP contribution < -0.4 is 9.64 Å². The molecule has 0 bridgehead atoms. The van der Waals surface area contributed by atoms with Crippen LogP contribution in [-0.2, 0) is 24.5 Å². The van der Waals surface area contributed by atoms with Gasteiger partial charge < -0.3 is 14.4 Å². The Bertz CT molecular complexity index is 983. The number of aromatic nitrogens is 5. The van der Waals surface area contributed by atoms with Crippen LogP contribution in [0, 0.1) is 0 Å². The monoisotopic (exact) mass is 393 g/mol. The fourth-order valence-corrected chi connectivity index (χ4v) is 3.72. The van der Waals surface area contributed by atoms with Crippen LogP contribution in [0.25, 0.3) is 11.5 Å². The van der Waals surface area contributed by atoms with Crippen molar-refractivity contribution in [3.8, 4) is 17.3 Å².